The average molecular weight is 183 g/mol. The summed E-state index contributed by atoms with van der Waals surface area (Å²) in [5.74, 6) is 0.216. The van der Waals surface area contributed by atoms with E-state index in [4.69, 9.17) is 0 Å². The molecule has 4 nitrogen and oxygen atoms in total. The van der Waals surface area contributed by atoms with Crippen LogP contribution in [0.3, 0.4) is 0 Å². The minimum atomic E-state index is 0.136. The molecule has 0 spiro atoms. The van der Waals surface area contributed by atoms with Crippen LogP contribution in [0.25, 0.3) is 0 Å². The monoisotopic (exact) mass is 183 g/mol. The van der Waals surface area contributed by atoms with Gasteiger partial charge in [0.15, 0.2) is 0 Å². The molecule has 2 fully saturated rings. The zero-order valence-electron chi connectivity index (χ0n) is 8.05. The van der Waals surface area contributed by atoms with Crippen LogP contribution >= 0.6 is 0 Å². The van der Waals surface area contributed by atoms with Crippen LogP contribution in [0.1, 0.15) is 13.3 Å². The fourth-order valence-corrected chi connectivity index (χ4v) is 2.22. The lowest BCUT2D eigenvalue weighted by molar-refractivity contribution is -0.124. The molecule has 4 heteroatoms. The van der Waals surface area contributed by atoms with Gasteiger partial charge in [0.2, 0.25) is 5.91 Å². The number of hydrogen-bond donors (Lipinski definition) is 2. The van der Waals surface area contributed by atoms with Crippen molar-refractivity contribution < 1.29 is 4.79 Å². The number of amides is 1. The molecule has 2 heterocycles. The molecule has 2 rings (SSSR count). The van der Waals surface area contributed by atoms with E-state index in [0.29, 0.717) is 6.04 Å². The molecule has 2 saturated heterocycles. The standard InChI is InChI=1S/C9H17N3O/c1-7-6-10-4-5-12(7)8-2-3-11-9(8)13/h7-8,10H,2-6H2,1H3,(H,11,13)/t7?,8-/m1/s1. The summed E-state index contributed by atoms with van der Waals surface area (Å²) in [6, 6.07) is 0.625. The van der Waals surface area contributed by atoms with Crippen molar-refractivity contribution in [1.82, 2.24) is 15.5 Å². The maximum Gasteiger partial charge on any atom is 0.237 e. The lowest BCUT2D eigenvalue weighted by Gasteiger charge is -2.36. The number of hydrogen-bond acceptors (Lipinski definition) is 3. The summed E-state index contributed by atoms with van der Waals surface area (Å²) in [5, 5.41) is 6.22. The van der Waals surface area contributed by atoms with Gasteiger partial charge in [0.1, 0.15) is 0 Å². The minimum Gasteiger partial charge on any atom is -0.355 e. The summed E-state index contributed by atoms with van der Waals surface area (Å²) in [6.45, 7) is 6.04. The summed E-state index contributed by atoms with van der Waals surface area (Å²) in [5.41, 5.74) is 0. The molecule has 2 N–H and O–H groups in total. The predicted octanol–water partition coefficient (Wildman–Crippen LogP) is -0.831. The first-order chi connectivity index (χ1) is 6.29. The summed E-state index contributed by atoms with van der Waals surface area (Å²) in [4.78, 5) is 13.8. The Morgan fingerprint density at radius 3 is 2.92 bits per heavy atom. The van der Waals surface area contributed by atoms with Crippen LogP contribution in [0.15, 0.2) is 0 Å². The Kier molecular flexibility index (Phi) is 2.51. The van der Waals surface area contributed by atoms with Crippen LogP contribution in [-0.2, 0) is 4.79 Å². The molecule has 2 atom stereocenters. The molecule has 0 radical (unpaired) electrons. The van der Waals surface area contributed by atoms with Crippen molar-refractivity contribution >= 4 is 5.91 Å². The third kappa shape index (κ3) is 1.69. The Hall–Kier alpha value is -0.610. The third-order valence-electron chi connectivity index (χ3n) is 2.97. The van der Waals surface area contributed by atoms with Gasteiger partial charge in [-0.25, -0.2) is 0 Å². The van der Waals surface area contributed by atoms with Gasteiger partial charge in [-0.05, 0) is 13.3 Å². The highest BCUT2D eigenvalue weighted by Crippen LogP contribution is 2.14. The molecule has 0 bridgehead atoms. The topological polar surface area (TPSA) is 44.4 Å². The first-order valence-corrected chi connectivity index (χ1v) is 5.03. The van der Waals surface area contributed by atoms with Crippen LogP contribution in [-0.4, -0.2) is 49.1 Å². The van der Waals surface area contributed by atoms with E-state index in [1.807, 2.05) is 0 Å². The number of nitrogens with zero attached hydrogens (tertiary/aromatic N) is 1. The fraction of sp³-hybridized carbons (Fsp3) is 0.889. The van der Waals surface area contributed by atoms with Crippen molar-refractivity contribution in [2.24, 2.45) is 0 Å². The van der Waals surface area contributed by atoms with E-state index in [1.54, 1.807) is 0 Å². The highest BCUT2D eigenvalue weighted by atomic mass is 16.2. The van der Waals surface area contributed by atoms with Gasteiger partial charge in [0, 0.05) is 32.2 Å². The largest absolute Gasteiger partial charge is 0.355 e. The van der Waals surface area contributed by atoms with Crippen molar-refractivity contribution in [3.63, 3.8) is 0 Å². The van der Waals surface area contributed by atoms with E-state index in [2.05, 4.69) is 22.5 Å². The second kappa shape index (κ2) is 3.64. The van der Waals surface area contributed by atoms with Crippen LogP contribution < -0.4 is 10.6 Å². The molecule has 2 aliphatic rings. The summed E-state index contributed by atoms with van der Waals surface area (Å²) >= 11 is 0. The van der Waals surface area contributed by atoms with Gasteiger partial charge < -0.3 is 10.6 Å². The highest BCUT2D eigenvalue weighted by Gasteiger charge is 2.33. The summed E-state index contributed by atoms with van der Waals surface area (Å²) in [7, 11) is 0. The van der Waals surface area contributed by atoms with Crippen molar-refractivity contribution in [3.8, 4) is 0 Å². The van der Waals surface area contributed by atoms with Crippen molar-refractivity contribution in [3.05, 3.63) is 0 Å². The Morgan fingerprint density at radius 2 is 2.31 bits per heavy atom. The quantitative estimate of drug-likeness (QED) is 0.557. The van der Waals surface area contributed by atoms with Crippen molar-refractivity contribution in [2.45, 2.75) is 25.4 Å². The normalized spacial score (nSPS) is 36.2. The first kappa shape index (κ1) is 8.97. The number of nitrogens with one attached hydrogen (secondary N) is 2. The highest BCUT2D eigenvalue weighted by molar-refractivity contribution is 5.83. The molecule has 74 valence electrons. The smallest absolute Gasteiger partial charge is 0.237 e. The number of piperazine rings is 1. The van der Waals surface area contributed by atoms with Crippen molar-refractivity contribution in [1.29, 1.82) is 0 Å². The molecular formula is C9H17N3O. The third-order valence-corrected chi connectivity index (χ3v) is 2.97. The predicted molar refractivity (Wildman–Crippen MR) is 50.5 cm³/mol. The second-order valence-electron chi connectivity index (χ2n) is 3.89. The van der Waals surface area contributed by atoms with Gasteiger partial charge >= 0.3 is 0 Å². The average Bonchev–Trinajstić information content (AvgIpc) is 2.52. The Labute approximate surface area is 78.7 Å². The zero-order chi connectivity index (χ0) is 9.26. The molecule has 0 aromatic heterocycles. The zero-order valence-corrected chi connectivity index (χ0v) is 8.05. The van der Waals surface area contributed by atoms with Gasteiger partial charge in [-0.15, -0.1) is 0 Å². The van der Waals surface area contributed by atoms with Crippen LogP contribution in [0.5, 0.6) is 0 Å². The Morgan fingerprint density at radius 1 is 1.46 bits per heavy atom. The first-order valence-electron chi connectivity index (χ1n) is 5.03. The van der Waals surface area contributed by atoms with E-state index in [-0.39, 0.29) is 11.9 Å². The minimum absolute atomic E-state index is 0.136. The molecule has 1 unspecified atom stereocenters. The van der Waals surface area contributed by atoms with E-state index in [9.17, 15) is 4.79 Å². The van der Waals surface area contributed by atoms with Gasteiger partial charge in [-0.1, -0.05) is 0 Å². The lowest BCUT2D eigenvalue weighted by atomic mass is 10.1. The second-order valence-corrected chi connectivity index (χ2v) is 3.89. The molecule has 0 aromatic carbocycles. The number of rotatable bonds is 1. The van der Waals surface area contributed by atoms with Gasteiger partial charge in [-0.2, -0.15) is 0 Å². The molecule has 1 amide bonds. The molecule has 2 aliphatic heterocycles. The van der Waals surface area contributed by atoms with E-state index in [0.717, 1.165) is 32.6 Å². The van der Waals surface area contributed by atoms with Crippen molar-refractivity contribution in [2.75, 3.05) is 26.2 Å². The van der Waals surface area contributed by atoms with Crippen LogP contribution in [0.4, 0.5) is 0 Å². The van der Waals surface area contributed by atoms with E-state index < -0.39 is 0 Å². The maximum atomic E-state index is 11.4. The number of carbonyl (C=O) groups excluding carboxylic acids is 1. The maximum absolute atomic E-state index is 11.4. The van der Waals surface area contributed by atoms with Gasteiger partial charge in [0.05, 0.1) is 6.04 Å². The molecule has 0 saturated carbocycles. The van der Waals surface area contributed by atoms with E-state index >= 15 is 0 Å². The van der Waals surface area contributed by atoms with Gasteiger partial charge in [0.25, 0.3) is 0 Å². The van der Waals surface area contributed by atoms with Gasteiger partial charge in [-0.3, -0.25) is 9.69 Å². The molecule has 0 aromatic rings. The molecular weight excluding hydrogens is 166 g/mol. The lowest BCUT2D eigenvalue weighted by Crippen LogP contribution is -2.55. The SMILES string of the molecule is CC1CNCCN1[C@@H]1CCNC1=O. The Balaban J connectivity index is 2.01. The summed E-state index contributed by atoms with van der Waals surface area (Å²) < 4.78 is 0. The van der Waals surface area contributed by atoms with E-state index in [1.165, 1.54) is 0 Å². The van der Waals surface area contributed by atoms with Crippen LogP contribution in [0.2, 0.25) is 0 Å². The van der Waals surface area contributed by atoms with Crippen LogP contribution in [0, 0.1) is 0 Å². The number of carbonyl (C=O) groups is 1. The fourth-order valence-electron chi connectivity index (χ4n) is 2.22. The molecule has 0 aliphatic carbocycles. The summed E-state index contributed by atoms with van der Waals surface area (Å²) in [6.07, 6.45) is 0.975. The Bertz CT molecular complexity index is 207. The molecule has 13 heavy (non-hydrogen) atoms.